The summed E-state index contributed by atoms with van der Waals surface area (Å²) < 4.78 is 0.939. The van der Waals surface area contributed by atoms with Crippen molar-refractivity contribution in [3.8, 4) is 0 Å². The van der Waals surface area contributed by atoms with Crippen molar-refractivity contribution in [3.63, 3.8) is 0 Å². The third-order valence-electron chi connectivity index (χ3n) is 5.22. The molecule has 0 bridgehead atoms. The Morgan fingerprint density at radius 1 is 0.806 bits per heavy atom. The van der Waals surface area contributed by atoms with Gasteiger partial charge in [-0.1, -0.05) is 48.5 Å². The summed E-state index contributed by atoms with van der Waals surface area (Å²) in [5, 5.41) is 0. The second-order valence-electron chi connectivity index (χ2n) is 7.08. The molecule has 2 heterocycles. The minimum Gasteiger partial charge on any atom is -0.282 e. The van der Waals surface area contributed by atoms with Crippen LogP contribution in [-0.4, -0.2) is 11.8 Å². The molecule has 0 radical (unpaired) electrons. The van der Waals surface area contributed by atoms with Crippen LogP contribution in [-0.2, 0) is 0 Å². The second kappa shape index (κ2) is 8.13. The van der Waals surface area contributed by atoms with Crippen molar-refractivity contribution in [1.82, 2.24) is 0 Å². The molecule has 3 aromatic carbocycles. The number of hydrogen-bond acceptors (Lipinski definition) is 3. The number of thiophene rings is 1. The van der Waals surface area contributed by atoms with Crippen LogP contribution in [0.5, 0.6) is 0 Å². The van der Waals surface area contributed by atoms with Gasteiger partial charge >= 0.3 is 0 Å². The number of benzene rings is 3. The highest BCUT2D eigenvalue weighted by Crippen LogP contribution is 2.44. The molecule has 0 fully saturated rings. The van der Waals surface area contributed by atoms with E-state index in [1.807, 2.05) is 78.9 Å². The van der Waals surface area contributed by atoms with Crippen molar-refractivity contribution in [2.45, 2.75) is 6.17 Å². The van der Waals surface area contributed by atoms with Gasteiger partial charge in [-0.2, -0.15) is 0 Å². The van der Waals surface area contributed by atoms with Crippen LogP contribution < -0.4 is 9.80 Å². The molecule has 0 N–H and O–H groups in total. The number of hydrogen-bond donors (Lipinski definition) is 0. The monoisotopic (exact) mass is 488 g/mol. The molecule has 1 atom stereocenters. The fraction of sp³-hybridized carbons (Fsp3) is 0.0400. The van der Waals surface area contributed by atoms with Gasteiger partial charge in [-0.3, -0.25) is 19.4 Å². The third kappa shape index (κ3) is 3.48. The number of rotatable bonds is 3. The van der Waals surface area contributed by atoms with Gasteiger partial charge in [0.1, 0.15) is 0 Å². The van der Waals surface area contributed by atoms with Gasteiger partial charge in [-0.15, -0.1) is 11.3 Å². The normalized spacial score (nSPS) is 15.6. The maximum Gasteiger partial charge on any atom is 0.262 e. The highest BCUT2D eigenvalue weighted by atomic mass is 79.9. The van der Waals surface area contributed by atoms with Gasteiger partial charge in [-0.05, 0) is 64.5 Å². The number of nitrogens with zero attached hydrogens (tertiary/aromatic N) is 2. The number of amides is 2. The van der Waals surface area contributed by atoms with Crippen molar-refractivity contribution in [2.75, 3.05) is 9.80 Å². The Balaban J connectivity index is 1.77. The molecule has 0 saturated carbocycles. The molecule has 0 aliphatic carbocycles. The van der Waals surface area contributed by atoms with E-state index in [4.69, 9.17) is 0 Å². The highest BCUT2D eigenvalue weighted by Gasteiger charge is 2.43. The maximum atomic E-state index is 13.8. The minimum absolute atomic E-state index is 0.131. The molecule has 2 amide bonds. The summed E-state index contributed by atoms with van der Waals surface area (Å²) in [5.41, 5.74) is 2.42. The van der Waals surface area contributed by atoms with Crippen molar-refractivity contribution >= 4 is 50.5 Å². The van der Waals surface area contributed by atoms with Crippen LogP contribution in [0.25, 0.3) is 0 Å². The van der Waals surface area contributed by atoms with Crippen molar-refractivity contribution in [3.05, 3.63) is 117 Å². The molecule has 1 aromatic heterocycles. The number of para-hydroxylation sites is 2. The van der Waals surface area contributed by atoms with Crippen molar-refractivity contribution in [2.24, 2.45) is 0 Å². The van der Waals surface area contributed by atoms with Gasteiger partial charge < -0.3 is 0 Å². The molecule has 5 rings (SSSR count). The van der Waals surface area contributed by atoms with E-state index in [9.17, 15) is 9.59 Å². The van der Waals surface area contributed by atoms with Crippen LogP contribution in [0.3, 0.4) is 0 Å². The molecule has 1 aliphatic rings. The molecule has 31 heavy (non-hydrogen) atoms. The smallest absolute Gasteiger partial charge is 0.262 e. The second-order valence-corrected chi connectivity index (χ2v) is 9.58. The molecule has 0 saturated heterocycles. The van der Waals surface area contributed by atoms with Gasteiger partial charge in [0.05, 0.1) is 15.0 Å². The fourth-order valence-corrected chi connectivity index (χ4v) is 5.37. The average molecular weight is 489 g/mol. The maximum absolute atomic E-state index is 13.8. The fourth-order valence-electron chi connectivity index (χ4n) is 3.86. The average Bonchev–Trinajstić information content (AvgIpc) is 3.25. The summed E-state index contributed by atoms with van der Waals surface area (Å²) in [6.07, 6.45) is -0.603. The zero-order valence-electron chi connectivity index (χ0n) is 16.3. The van der Waals surface area contributed by atoms with Gasteiger partial charge in [0.2, 0.25) is 0 Å². The molecule has 4 aromatic rings. The van der Waals surface area contributed by atoms with E-state index in [0.717, 1.165) is 14.4 Å². The predicted octanol–water partition coefficient (Wildman–Crippen LogP) is 6.52. The Morgan fingerprint density at radius 3 is 2.13 bits per heavy atom. The van der Waals surface area contributed by atoms with Crippen LogP contribution in [0.15, 0.2) is 101 Å². The van der Waals surface area contributed by atoms with E-state index >= 15 is 0 Å². The lowest BCUT2D eigenvalue weighted by Gasteiger charge is -2.44. The van der Waals surface area contributed by atoms with E-state index in [2.05, 4.69) is 15.9 Å². The Morgan fingerprint density at radius 2 is 1.45 bits per heavy atom. The summed E-state index contributed by atoms with van der Waals surface area (Å²) >= 11 is 5.05. The minimum atomic E-state index is -0.603. The molecule has 1 unspecified atom stereocenters. The van der Waals surface area contributed by atoms with Gasteiger partial charge in [0.15, 0.2) is 6.17 Å². The summed E-state index contributed by atoms with van der Waals surface area (Å²) in [4.78, 5) is 31.8. The van der Waals surface area contributed by atoms with Crippen LogP contribution in [0, 0.1) is 0 Å². The number of carbonyl (C=O) groups excluding carboxylic acids is 2. The number of halogens is 1. The zero-order valence-corrected chi connectivity index (χ0v) is 18.7. The van der Waals surface area contributed by atoms with Crippen molar-refractivity contribution in [1.29, 1.82) is 0 Å². The first kappa shape index (κ1) is 19.7. The van der Waals surface area contributed by atoms with E-state index in [1.165, 1.54) is 11.3 Å². The van der Waals surface area contributed by atoms with Gasteiger partial charge in [-0.25, -0.2) is 0 Å². The summed E-state index contributed by atoms with van der Waals surface area (Å²) in [6, 6.07) is 29.9. The number of carbonyl (C=O) groups is 2. The van der Waals surface area contributed by atoms with Crippen LogP contribution >= 0.6 is 27.3 Å². The number of anilines is 2. The predicted molar refractivity (Wildman–Crippen MR) is 128 cm³/mol. The molecular formula is C25H17BrN2O2S. The quantitative estimate of drug-likeness (QED) is 0.329. The van der Waals surface area contributed by atoms with Crippen LogP contribution in [0.1, 0.15) is 31.8 Å². The Hall–Kier alpha value is -3.22. The molecule has 152 valence electrons. The molecule has 1 aliphatic heterocycles. The Bertz CT molecular complexity index is 1260. The van der Waals surface area contributed by atoms with Crippen LogP contribution in [0.4, 0.5) is 11.4 Å². The van der Waals surface area contributed by atoms with Crippen LogP contribution in [0.2, 0.25) is 0 Å². The molecule has 6 heteroatoms. The lowest BCUT2D eigenvalue weighted by atomic mass is 10.0. The summed E-state index contributed by atoms with van der Waals surface area (Å²) in [7, 11) is 0. The largest absolute Gasteiger partial charge is 0.282 e. The first-order valence-electron chi connectivity index (χ1n) is 9.76. The first-order chi connectivity index (χ1) is 15.1. The zero-order chi connectivity index (χ0) is 21.4. The van der Waals surface area contributed by atoms with Gasteiger partial charge in [0, 0.05) is 16.1 Å². The lowest BCUT2D eigenvalue weighted by molar-refractivity contribution is 0.0935. The topological polar surface area (TPSA) is 40.6 Å². The van der Waals surface area contributed by atoms with E-state index < -0.39 is 6.17 Å². The highest BCUT2D eigenvalue weighted by molar-refractivity contribution is 9.11. The van der Waals surface area contributed by atoms with E-state index in [0.29, 0.717) is 16.8 Å². The van der Waals surface area contributed by atoms with E-state index in [1.54, 1.807) is 28.0 Å². The number of fused-ring (bicyclic) bond motifs is 1. The first-order valence-corrected chi connectivity index (χ1v) is 11.4. The Labute approximate surface area is 192 Å². The van der Waals surface area contributed by atoms with Crippen molar-refractivity contribution < 1.29 is 9.59 Å². The standard InChI is InChI=1S/C25H17BrN2O2S/c26-22-16-15-21(31-22)23-27(18-11-5-2-6-12-18)25(30)19-13-7-8-14-20(19)28(23)24(29)17-9-3-1-4-10-17/h1-16,23H. The lowest BCUT2D eigenvalue weighted by Crippen LogP contribution is -2.51. The summed E-state index contributed by atoms with van der Waals surface area (Å²) in [6.45, 7) is 0. The molecule has 0 spiro atoms. The SMILES string of the molecule is O=C1c2ccccc2N(C(=O)c2ccccc2)C(c2ccc(Br)s2)N1c1ccccc1. The van der Waals surface area contributed by atoms with E-state index in [-0.39, 0.29) is 11.8 Å². The molecule has 4 nitrogen and oxygen atoms in total. The summed E-state index contributed by atoms with van der Waals surface area (Å²) in [5.74, 6) is -0.288. The van der Waals surface area contributed by atoms with Gasteiger partial charge in [0.25, 0.3) is 11.8 Å². The molecular weight excluding hydrogens is 472 g/mol. The third-order valence-corrected chi connectivity index (χ3v) is 6.89. The Kier molecular flexibility index (Phi) is 5.18.